The van der Waals surface area contributed by atoms with E-state index in [1.807, 2.05) is 30.3 Å². The van der Waals surface area contributed by atoms with E-state index in [4.69, 9.17) is 0 Å². The maximum Gasteiger partial charge on any atom is 0.417 e. The van der Waals surface area contributed by atoms with Crippen LogP contribution in [-0.4, -0.2) is 23.5 Å². The minimum Gasteiger partial charge on any atom is -0.768 e. The van der Waals surface area contributed by atoms with Crippen LogP contribution in [0, 0.1) is 0 Å². The highest BCUT2D eigenvalue weighted by Crippen LogP contribution is 2.36. The van der Waals surface area contributed by atoms with Crippen LogP contribution < -0.4 is 0 Å². The van der Waals surface area contributed by atoms with Gasteiger partial charge in [-0.05, 0) is 47.5 Å². The second-order valence-electron chi connectivity index (χ2n) is 6.37. The zero-order valence-corrected chi connectivity index (χ0v) is 17.2. The molecule has 0 fully saturated rings. The fraction of sp³-hybridized carbons (Fsp3) is 0.0476. The van der Waals surface area contributed by atoms with Crippen molar-refractivity contribution in [3.05, 3.63) is 84.7 Å². The van der Waals surface area contributed by atoms with Gasteiger partial charge in [-0.15, -0.1) is 0 Å². The molecule has 4 rings (SSSR count). The summed E-state index contributed by atoms with van der Waals surface area (Å²) in [7, 11) is 0. The summed E-state index contributed by atoms with van der Waals surface area (Å²) in [6.07, 6.45) is -1.90. The zero-order valence-electron chi connectivity index (χ0n) is 15.6. The molecule has 0 saturated heterocycles. The molecule has 2 heterocycles. The third-order valence-corrected chi connectivity index (χ3v) is 5.93. The molecule has 0 radical (unpaired) electrons. The Balaban J connectivity index is 1.73. The number of halogens is 3. The Bertz CT molecular complexity index is 1210. The number of hydrogen-bond acceptors (Lipinski definition) is 5. The molecule has 0 aliphatic heterocycles. The number of para-hydroxylation sites is 1. The first-order chi connectivity index (χ1) is 14.8. The number of alkyl halides is 3. The SMILES string of the molecule is O=S([O-])c1ccc(-c2nn(-c3ccccc3)cc2Sc2ccc(C(F)(F)F)cn2)cc1. The first-order valence-electron chi connectivity index (χ1n) is 8.87. The number of benzene rings is 2. The molecule has 5 nitrogen and oxygen atoms in total. The Morgan fingerprint density at radius 1 is 0.968 bits per heavy atom. The van der Waals surface area contributed by atoms with E-state index in [9.17, 15) is 21.9 Å². The van der Waals surface area contributed by atoms with Gasteiger partial charge in [0, 0.05) is 22.9 Å². The quantitative estimate of drug-likeness (QED) is 0.376. The fourth-order valence-electron chi connectivity index (χ4n) is 2.79. The van der Waals surface area contributed by atoms with E-state index in [-0.39, 0.29) is 4.90 Å². The minimum atomic E-state index is -4.46. The van der Waals surface area contributed by atoms with Crippen LogP contribution in [0.3, 0.4) is 0 Å². The molecule has 0 aliphatic rings. The van der Waals surface area contributed by atoms with Crippen LogP contribution in [0.1, 0.15) is 5.56 Å². The molecule has 0 bridgehead atoms. The molecular weight excluding hydrogens is 447 g/mol. The van der Waals surface area contributed by atoms with Crippen LogP contribution in [0.4, 0.5) is 13.2 Å². The summed E-state index contributed by atoms with van der Waals surface area (Å²) in [5.74, 6) is 0. The average Bonchev–Trinajstić information content (AvgIpc) is 3.18. The summed E-state index contributed by atoms with van der Waals surface area (Å²) in [5, 5.41) is 4.99. The number of pyridine rings is 1. The molecule has 0 saturated carbocycles. The van der Waals surface area contributed by atoms with Crippen molar-refractivity contribution >= 4 is 22.8 Å². The number of hydrogen-bond donors (Lipinski definition) is 0. The van der Waals surface area contributed by atoms with E-state index in [0.29, 0.717) is 21.2 Å². The Labute approximate surface area is 182 Å². The fourth-order valence-corrected chi connectivity index (χ4v) is 4.02. The zero-order chi connectivity index (χ0) is 22.0. The van der Waals surface area contributed by atoms with Crippen molar-refractivity contribution in [1.82, 2.24) is 14.8 Å². The molecule has 2 aromatic heterocycles. The molecule has 1 atom stereocenters. The van der Waals surface area contributed by atoms with Gasteiger partial charge in [-0.1, -0.05) is 42.1 Å². The lowest BCUT2D eigenvalue weighted by Crippen LogP contribution is -2.04. The van der Waals surface area contributed by atoms with Crippen molar-refractivity contribution in [1.29, 1.82) is 0 Å². The van der Waals surface area contributed by atoms with Crippen molar-refractivity contribution in [2.45, 2.75) is 21.0 Å². The summed E-state index contributed by atoms with van der Waals surface area (Å²) in [4.78, 5) is 4.72. The highest BCUT2D eigenvalue weighted by molar-refractivity contribution is 7.99. The van der Waals surface area contributed by atoms with Crippen LogP contribution in [0.15, 0.2) is 93.9 Å². The predicted molar refractivity (Wildman–Crippen MR) is 110 cm³/mol. The summed E-state index contributed by atoms with van der Waals surface area (Å²) >= 11 is -1.18. The van der Waals surface area contributed by atoms with Gasteiger partial charge in [-0.2, -0.15) is 18.3 Å². The first kappa shape index (κ1) is 21.3. The summed E-state index contributed by atoms with van der Waals surface area (Å²) in [6.45, 7) is 0. The van der Waals surface area contributed by atoms with Crippen LogP contribution in [0.25, 0.3) is 16.9 Å². The molecule has 4 aromatic rings. The van der Waals surface area contributed by atoms with Crippen molar-refractivity contribution < 1.29 is 21.9 Å². The summed E-state index contributed by atoms with van der Waals surface area (Å²) < 4.78 is 62.3. The molecular formula is C21H13F3N3O2S2-. The topological polar surface area (TPSA) is 70.8 Å². The third-order valence-electron chi connectivity index (χ3n) is 4.30. The molecule has 31 heavy (non-hydrogen) atoms. The maximum absolute atomic E-state index is 12.8. The summed E-state index contributed by atoms with van der Waals surface area (Å²) in [5.41, 5.74) is 1.20. The van der Waals surface area contributed by atoms with Crippen LogP contribution >= 0.6 is 11.8 Å². The van der Waals surface area contributed by atoms with E-state index in [0.717, 1.165) is 18.0 Å². The van der Waals surface area contributed by atoms with E-state index in [1.165, 1.54) is 30.0 Å². The van der Waals surface area contributed by atoms with Gasteiger partial charge < -0.3 is 4.55 Å². The van der Waals surface area contributed by atoms with Gasteiger partial charge in [-0.25, -0.2) is 9.67 Å². The van der Waals surface area contributed by atoms with Crippen LogP contribution in [0.2, 0.25) is 0 Å². The molecule has 2 aromatic carbocycles. The molecule has 158 valence electrons. The number of rotatable bonds is 5. The molecule has 0 N–H and O–H groups in total. The largest absolute Gasteiger partial charge is 0.768 e. The van der Waals surface area contributed by atoms with Gasteiger partial charge in [-0.3, -0.25) is 4.21 Å². The number of nitrogens with zero attached hydrogens (tertiary/aromatic N) is 3. The Morgan fingerprint density at radius 3 is 2.26 bits per heavy atom. The normalized spacial score (nSPS) is 12.6. The average molecular weight is 460 g/mol. The predicted octanol–water partition coefficient (Wildman–Crippen LogP) is 5.34. The number of aromatic nitrogens is 3. The highest BCUT2D eigenvalue weighted by atomic mass is 32.2. The van der Waals surface area contributed by atoms with Gasteiger partial charge in [0.15, 0.2) is 0 Å². The van der Waals surface area contributed by atoms with Crippen LogP contribution in [0.5, 0.6) is 0 Å². The molecule has 0 spiro atoms. The van der Waals surface area contributed by atoms with Crippen molar-refractivity contribution in [2.24, 2.45) is 0 Å². The Kier molecular flexibility index (Phi) is 5.94. The molecule has 0 aliphatic carbocycles. The molecule has 0 amide bonds. The van der Waals surface area contributed by atoms with Gasteiger partial charge in [0.05, 0.1) is 16.1 Å². The van der Waals surface area contributed by atoms with Gasteiger partial charge in [0.25, 0.3) is 0 Å². The Morgan fingerprint density at radius 2 is 1.68 bits per heavy atom. The monoisotopic (exact) mass is 460 g/mol. The van der Waals surface area contributed by atoms with Gasteiger partial charge in [0.1, 0.15) is 10.7 Å². The lowest BCUT2D eigenvalue weighted by molar-refractivity contribution is -0.137. The standard InChI is InChI=1S/C21H14F3N3O2S2/c22-21(23,24)15-8-11-19(25-12-15)30-18-13-27(16-4-2-1-3-5-16)26-20(18)14-6-9-17(10-7-14)31(28)29/h1-13H,(H,28,29)/p-1. The lowest BCUT2D eigenvalue weighted by atomic mass is 10.2. The second kappa shape index (κ2) is 8.66. The minimum absolute atomic E-state index is 0.143. The third kappa shape index (κ3) is 4.87. The Hall–Kier alpha value is -2.95. The van der Waals surface area contributed by atoms with E-state index >= 15 is 0 Å². The first-order valence-corrected chi connectivity index (χ1v) is 10.8. The molecule has 10 heteroatoms. The lowest BCUT2D eigenvalue weighted by Gasteiger charge is -2.07. The maximum atomic E-state index is 12.8. The smallest absolute Gasteiger partial charge is 0.417 e. The van der Waals surface area contributed by atoms with E-state index in [2.05, 4.69) is 10.1 Å². The van der Waals surface area contributed by atoms with E-state index in [1.54, 1.807) is 23.0 Å². The van der Waals surface area contributed by atoms with Crippen molar-refractivity contribution in [2.75, 3.05) is 0 Å². The summed E-state index contributed by atoms with van der Waals surface area (Å²) in [6, 6.07) is 17.8. The van der Waals surface area contributed by atoms with Crippen molar-refractivity contribution in [3.8, 4) is 16.9 Å². The van der Waals surface area contributed by atoms with Crippen molar-refractivity contribution in [3.63, 3.8) is 0 Å². The van der Waals surface area contributed by atoms with Gasteiger partial charge >= 0.3 is 6.18 Å². The van der Waals surface area contributed by atoms with Crippen LogP contribution in [-0.2, 0) is 17.3 Å². The molecule has 1 unspecified atom stereocenters. The second-order valence-corrected chi connectivity index (χ2v) is 8.37. The van der Waals surface area contributed by atoms with Gasteiger partial charge in [0.2, 0.25) is 0 Å². The van der Waals surface area contributed by atoms with E-state index < -0.39 is 22.8 Å². The highest BCUT2D eigenvalue weighted by Gasteiger charge is 2.30.